The minimum absolute atomic E-state index is 0.843. The van der Waals surface area contributed by atoms with Gasteiger partial charge in [0.2, 0.25) is 0 Å². The van der Waals surface area contributed by atoms with Crippen LogP contribution in [0.2, 0.25) is 0 Å². The summed E-state index contributed by atoms with van der Waals surface area (Å²) in [6.45, 7) is 5.39. The van der Waals surface area contributed by atoms with Crippen LogP contribution >= 0.6 is 11.3 Å². The molecule has 0 aliphatic heterocycles. The lowest BCUT2D eigenvalue weighted by molar-refractivity contribution is 0.304. The number of benzene rings is 1. The normalized spacial score (nSPS) is 11.1. The lowest BCUT2D eigenvalue weighted by Crippen LogP contribution is -1.97. The van der Waals surface area contributed by atoms with Gasteiger partial charge in [-0.3, -0.25) is 0 Å². The third kappa shape index (κ3) is 10.3. The Balaban J connectivity index is 1.59. The van der Waals surface area contributed by atoms with E-state index in [4.69, 9.17) is 4.74 Å². The Kier molecular flexibility index (Phi) is 12.9. The van der Waals surface area contributed by atoms with E-state index in [1.807, 2.05) is 11.3 Å². The number of aryl methyl sites for hydroxylation is 1. The summed E-state index contributed by atoms with van der Waals surface area (Å²) < 4.78 is 5.94. The Bertz CT molecular complexity index is 628. The third-order valence-electron chi connectivity index (χ3n) is 5.59. The average molecular weight is 415 g/mol. The molecule has 0 bridgehead atoms. The Morgan fingerprint density at radius 3 is 1.86 bits per heavy atom. The molecule has 0 unspecified atom stereocenters. The number of hydrogen-bond acceptors (Lipinski definition) is 2. The first-order valence-corrected chi connectivity index (χ1v) is 13.0. The molecule has 0 radical (unpaired) electrons. The Hall–Kier alpha value is -1.28. The first kappa shape index (κ1) is 24.0. The average Bonchev–Trinajstić information content (AvgIpc) is 3.22. The van der Waals surface area contributed by atoms with Crippen LogP contribution in [0.1, 0.15) is 102 Å². The van der Waals surface area contributed by atoms with Gasteiger partial charge in [-0.15, -0.1) is 11.3 Å². The van der Waals surface area contributed by atoms with Crippen LogP contribution in [0.15, 0.2) is 36.4 Å². The highest BCUT2D eigenvalue weighted by atomic mass is 32.1. The third-order valence-corrected chi connectivity index (χ3v) is 6.79. The predicted octanol–water partition coefficient (Wildman–Crippen LogP) is 9.45. The molecular weight excluding hydrogens is 372 g/mol. The van der Waals surface area contributed by atoms with Gasteiger partial charge in [0.25, 0.3) is 0 Å². The van der Waals surface area contributed by atoms with Crippen LogP contribution in [0.5, 0.6) is 5.75 Å². The molecule has 0 saturated carbocycles. The summed E-state index contributed by atoms with van der Waals surface area (Å²) in [7, 11) is 0. The van der Waals surface area contributed by atoms with Gasteiger partial charge in [0.05, 0.1) is 6.61 Å². The first-order chi connectivity index (χ1) is 14.3. The number of rotatable bonds is 17. The van der Waals surface area contributed by atoms with Crippen molar-refractivity contribution in [2.75, 3.05) is 6.61 Å². The van der Waals surface area contributed by atoms with Crippen LogP contribution in [0.25, 0.3) is 10.4 Å². The summed E-state index contributed by atoms with van der Waals surface area (Å²) in [6.07, 6.45) is 18.8. The van der Waals surface area contributed by atoms with Crippen molar-refractivity contribution in [3.8, 4) is 16.2 Å². The van der Waals surface area contributed by atoms with Gasteiger partial charge in [0, 0.05) is 9.75 Å². The van der Waals surface area contributed by atoms with Gasteiger partial charge in [0.1, 0.15) is 5.75 Å². The van der Waals surface area contributed by atoms with E-state index in [-0.39, 0.29) is 0 Å². The number of hydrogen-bond donors (Lipinski definition) is 0. The van der Waals surface area contributed by atoms with E-state index >= 15 is 0 Å². The fraction of sp³-hybridized carbons (Fsp3) is 0.630. The molecule has 0 aliphatic rings. The second-order valence-corrected chi connectivity index (χ2v) is 9.45. The second kappa shape index (κ2) is 15.5. The van der Waals surface area contributed by atoms with Crippen molar-refractivity contribution in [3.63, 3.8) is 0 Å². The minimum atomic E-state index is 0.843. The minimum Gasteiger partial charge on any atom is -0.494 e. The Labute approximate surface area is 183 Å². The standard InChI is InChI=1S/C27H42OS/c1-3-5-7-9-10-11-12-13-15-23-28-25-19-17-24(18-20-25)27-22-21-26(29-27)16-14-8-6-4-2/h17-22H,3-16,23H2,1-2H3. The highest BCUT2D eigenvalue weighted by Gasteiger charge is 2.04. The lowest BCUT2D eigenvalue weighted by atomic mass is 10.1. The van der Waals surface area contributed by atoms with E-state index in [1.165, 1.54) is 105 Å². The highest BCUT2D eigenvalue weighted by molar-refractivity contribution is 7.15. The Morgan fingerprint density at radius 2 is 1.21 bits per heavy atom. The molecule has 0 aliphatic carbocycles. The first-order valence-electron chi connectivity index (χ1n) is 12.2. The summed E-state index contributed by atoms with van der Waals surface area (Å²) in [4.78, 5) is 2.89. The molecule has 1 aromatic carbocycles. The topological polar surface area (TPSA) is 9.23 Å². The molecule has 0 saturated heterocycles. The van der Waals surface area contributed by atoms with Crippen molar-refractivity contribution in [1.82, 2.24) is 0 Å². The molecule has 0 N–H and O–H groups in total. The van der Waals surface area contributed by atoms with Gasteiger partial charge >= 0.3 is 0 Å². The Morgan fingerprint density at radius 1 is 0.621 bits per heavy atom. The van der Waals surface area contributed by atoms with Gasteiger partial charge < -0.3 is 4.74 Å². The van der Waals surface area contributed by atoms with E-state index in [9.17, 15) is 0 Å². The van der Waals surface area contributed by atoms with Crippen molar-refractivity contribution in [2.45, 2.75) is 104 Å². The molecule has 0 fully saturated rings. The zero-order valence-electron chi connectivity index (χ0n) is 18.9. The van der Waals surface area contributed by atoms with Gasteiger partial charge in [-0.05, 0) is 61.2 Å². The van der Waals surface area contributed by atoms with E-state index < -0.39 is 0 Å². The molecule has 1 nitrogen and oxygen atoms in total. The molecular formula is C27H42OS. The summed E-state index contributed by atoms with van der Waals surface area (Å²) in [5, 5.41) is 0. The van der Waals surface area contributed by atoms with Gasteiger partial charge in [-0.1, -0.05) is 84.5 Å². The van der Waals surface area contributed by atoms with Gasteiger partial charge in [0.15, 0.2) is 0 Å². The quantitative estimate of drug-likeness (QED) is 0.234. The molecule has 162 valence electrons. The lowest BCUT2D eigenvalue weighted by Gasteiger charge is -2.07. The molecule has 2 heteroatoms. The smallest absolute Gasteiger partial charge is 0.119 e. The largest absolute Gasteiger partial charge is 0.494 e. The maximum absolute atomic E-state index is 5.94. The highest BCUT2D eigenvalue weighted by Crippen LogP contribution is 2.30. The molecule has 1 aromatic heterocycles. The van der Waals surface area contributed by atoms with E-state index in [0.29, 0.717) is 0 Å². The molecule has 2 aromatic rings. The van der Waals surface area contributed by atoms with E-state index in [1.54, 1.807) is 0 Å². The summed E-state index contributed by atoms with van der Waals surface area (Å²) in [5.41, 5.74) is 1.31. The SMILES string of the molecule is CCCCCCCCCCCOc1ccc(-c2ccc(CCCCCC)s2)cc1. The fourth-order valence-electron chi connectivity index (χ4n) is 3.71. The number of thiophene rings is 1. The van der Waals surface area contributed by atoms with Crippen LogP contribution in [0.3, 0.4) is 0 Å². The van der Waals surface area contributed by atoms with Crippen LogP contribution in [-0.2, 0) is 6.42 Å². The number of ether oxygens (including phenoxy) is 1. The van der Waals surface area contributed by atoms with Crippen molar-refractivity contribution in [1.29, 1.82) is 0 Å². The molecule has 0 amide bonds. The molecule has 0 spiro atoms. The van der Waals surface area contributed by atoms with Crippen LogP contribution in [0, 0.1) is 0 Å². The van der Waals surface area contributed by atoms with Crippen LogP contribution in [0.4, 0.5) is 0 Å². The van der Waals surface area contributed by atoms with Crippen molar-refractivity contribution < 1.29 is 4.74 Å². The van der Waals surface area contributed by atoms with Gasteiger partial charge in [-0.25, -0.2) is 0 Å². The summed E-state index contributed by atoms with van der Waals surface area (Å²) >= 11 is 1.94. The van der Waals surface area contributed by atoms with Gasteiger partial charge in [-0.2, -0.15) is 0 Å². The fourth-order valence-corrected chi connectivity index (χ4v) is 4.77. The van der Waals surface area contributed by atoms with Crippen molar-refractivity contribution >= 4 is 11.3 Å². The summed E-state index contributed by atoms with van der Waals surface area (Å²) in [6, 6.07) is 13.3. The molecule has 0 atom stereocenters. The maximum atomic E-state index is 5.94. The van der Waals surface area contributed by atoms with Crippen LogP contribution in [-0.4, -0.2) is 6.61 Å². The van der Waals surface area contributed by atoms with Crippen LogP contribution < -0.4 is 4.74 Å². The second-order valence-electron chi connectivity index (χ2n) is 8.28. The van der Waals surface area contributed by atoms with E-state index in [0.717, 1.165) is 12.4 Å². The van der Waals surface area contributed by atoms with E-state index in [2.05, 4.69) is 50.2 Å². The zero-order chi connectivity index (χ0) is 20.6. The molecule has 29 heavy (non-hydrogen) atoms. The van der Waals surface area contributed by atoms with Crippen molar-refractivity contribution in [3.05, 3.63) is 41.3 Å². The monoisotopic (exact) mass is 414 g/mol. The number of unbranched alkanes of at least 4 members (excludes halogenated alkanes) is 11. The molecule has 1 heterocycles. The summed E-state index contributed by atoms with van der Waals surface area (Å²) in [5.74, 6) is 1.00. The van der Waals surface area contributed by atoms with Crippen molar-refractivity contribution in [2.24, 2.45) is 0 Å². The molecule has 2 rings (SSSR count). The maximum Gasteiger partial charge on any atom is 0.119 e. The zero-order valence-corrected chi connectivity index (χ0v) is 19.7. The predicted molar refractivity (Wildman–Crippen MR) is 130 cm³/mol.